The van der Waals surface area contributed by atoms with E-state index < -0.39 is 23.5 Å². The number of nitrogens with zero attached hydrogens (tertiary/aromatic N) is 1. The topological polar surface area (TPSA) is 63.7 Å². The van der Waals surface area contributed by atoms with E-state index in [0.29, 0.717) is 11.3 Å². The maximum atomic E-state index is 11.6. The van der Waals surface area contributed by atoms with Crippen LogP contribution in [-0.2, 0) is 14.3 Å². The first-order valence-corrected chi connectivity index (χ1v) is 5.00. The summed E-state index contributed by atoms with van der Waals surface area (Å²) in [6.07, 6.45) is 0.849. The highest BCUT2D eigenvalue weighted by Gasteiger charge is 2.49. The molecule has 5 heteroatoms. The van der Waals surface area contributed by atoms with Gasteiger partial charge in [-0.25, -0.2) is 4.79 Å². The van der Waals surface area contributed by atoms with Gasteiger partial charge in [-0.05, 0) is 20.3 Å². The van der Waals surface area contributed by atoms with Gasteiger partial charge in [-0.2, -0.15) is 4.90 Å². The quantitative estimate of drug-likeness (QED) is 0.712. The van der Waals surface area contributed by atoms with Gasteiger partial charge in [0.25, 0.3) is 5.91 Å². The van der Waals surface area contributed by atoms with E-state index in [1.807, 2.05) is 6.92 Å². The van der Waals surface area contributed by atoms with Crippen molar-refractivity contribution in [3.8, 4) is 0 Å². The molecular weight excluding hydrogens is 198 g/mol. The number of hydrogen-bond acceptors (Lipinski definition) is 4. The number of carbonyl (C=O) groups excluding carboxylic acids is 3. The Kier molecular flexibility index (Phi) is 3.12. The molecule has 1 heterocycles. The fourth-order valence-electron chi connectivity index (χ4n) is 1.31. The highest BCUT2D eigenvalue weighted by Crippen LogP contribution is 2.24. The van der Waals surface area contributed by atoms with Crippen molar-refractivity contribution in [1.29, 1.82) is 0 Å². The Balaban J connectivity index is 2.74. The van der Waals surface area contributed by atoms with Crippen molar-refractivity contribution in [3.63, 3.8) is 0 Å². The lowest BCUT2D eigenvalue weighted by Crippen LogP contribution is -2.40. The summed E-state index contributed by atoms with van der Waals surface area (Å²) in [6, 6.07) is 0. The predicted octanol–water partition coefficient (Wildman–Crippen LogP) is 1.46. The van der Waals surface area contributed by atoms with Gasteiger partial charge < -0.3 is 4.74 Å². The zero-order valence-electron chi connectivity index (χ0n) is 9.20. The first-order chi connectivity index (χ1) is 6.90. The summed E-state index contributed by atoms with van der Waals surface area (Å²) in [5, 5.41) is 0. The lowest BCUT2D eigenvalue weighted by molar-refractivity contribution is -0.142. The third-order valence-electron chi connectivity index (χ3n) is 2.24. The van der Waals surface area contributed by atoms with Gasteiger partial charge in [-0.3, -0.25) is 9.59 Å². The molecule has 15 heavy (non-hydrogen) atoms. The second kappa shape index (κ2) is 4.00. The van der Waals surface area contributed by atoms with Gasteiger partial charge in [0.05, 0.1) is 0 Å². The molecule has 0 N–H and O–H groups in total. The van der Waals surface area contributed by atoms with Crippen LogP contribution in [0.3, 0.4) is 0 Å². The molecule has 0 aromatic carbocycles. The van der Waals surface area contributed by atoms with E-state index in [1.54, 1.807) is 0 Å². The molecule has 0 unspecified atom stereocenters. The molecule has 1 saturated heterocycles. The Hall–Kier alpha value is -1.39. The summed E-state index contributed by atoms with van der Waals surface area (Å²) in [7, 11) is 0. The number of hydrogen-bond donors (Lipinski definition) is 0. The molecular formula is C10H15NO4. The van der Waals surface area contributed by atoms with Gasteiger partial charge >= 0.3 is 6.09 Å². The van der Waals surface area contributed by atoms with Crippen LogP contribution in [0.4, 0.5) is 4.79 Å². The number of rotatable bonds is 3. The van der Waals surface area contributed by atoms with Crippen molar-refractivity contribution in [1.82, 2.24) is 4.90 Å². The first kappa shape index (κ1) is 11.7. The van der Waals surface area contributed by atoms with Crippen LogP contribution in [0.1, 0.15) is 40.0 Å². The van der Waals surface area contributed by atoms with Crippen molar-refractivity contribution >= 4 is 17.9 Å². The molecule has 0 saturated carbocycles. The van der Waals surface area contributed by atoms with E-state index in [9.17, 15) is 14.4 Å². The number of cyclic esters (lactones) is 1. The largest absolute Gasteiger partial charge is 0.433 e. The normalized spacial score (nSPS) is 19.3. The molecule has 0 aromatic heterocycles. The Bertz CT molecular complexity index is 309. The lowest BCUT2D eigenvalue weighted by atomic mass is 10.1. The predicted molar refractivity (Wildman–Crippen MR) is 51.9 cm³/mol. The summed E-state index contributed by atoms with van der Waals surface area (Å²) >= 11 is 0. The number of carbonyl (C=O) groups is 3. The Morgan fingerprint density at radius 1 is 1.40 bits per heavy atom. The molecule has 1 aliphatic rings. The third-order valence-corrected chi connectivity index (χ3v) is 2.24. The van der Waals surface area contributed by atoms with E-state index in [1.165, 1.54) is 13.8 Å². The van der Waals surface area contributed by atoms with Crippen molar-refractivity contribution in [2.45, 2.75) is 45.6 Å². The number of unbranched alkanes of at least 4 members (excludes halogenated alkanes) is 1. The molecule has 0 aromatic rings. The van der Waals surface area contributed by atoms with Crippen LogP contribution in [-0.4, -0.2) is 28.4 Å². The maximum Gasteiger partial charge on any atom is 0.424 e. The molecule has 3 amide bonds. The highest BCUT2D eigenvalue weighted by atomic mass is 16.6. The summed E-state index contributed by atoms with van der Waals surface area (Å²) in [6.45, 7) is 4.88. The van der Waals surface area contributed by atoms with Gasteiger partial charge in [-0.1, -0.05) is 13.3 Å². The third kappa shape index (κ3) is 2.16. The minimum atomic E-state index is -1.21. The summed E-state index contributed by atoms with van der Waals surface area (Å²) < 4.78 is 4.79. The molecule has 0 bridgehead atoms. The van der Waals surface area contributed by atoms with E-state index >= 15 is 0 Å². The molecule has 0 aliphatic carbocycles. The Morgan fingerprint density at radius 2 is 2.00 bits per heavy atom. The van der Waals surface area contributed by atoms with Crippen LogP contribution in [0.2, 0.25) is 0 Å². The summed E-state index contributed by atoms with van der Waals surface area (Å²) in [5.41, 5.74) is -1.21. The molecule has 1 rings (SSSR count). The van der Waals surface area contributed by atoms with Gasteiger partial charge in [0, 0.05) is 6.42 Å². The van der Waals surface area contributed by atoms with Crippen LogP contribution in [0.5, 0.6) is 0 Å². The van der Waals surface area contributed by atoms with Gasteiger partial charge in [0.2, 0.25) is 5.91 Å². The fraction of sp³-hybridized carbons (Fsp3) is 0.700. The first-order valence-electron chi connectivity index (χ1n) is 5.00. The Labute approximate surface area is 88.4 Å². The molecule has 0 atom stereocenters. The summed E-state index contributed by atoms with van der Waals surface area (Å²) in [4.78, 5) is 35.0. The molecule has 1 aliphatic heterocycles. The van der Waals surface area contributed by atoms with Crippen molar-refractivity contribution in [3.05, 3.63) is 0 Å². The number of ether oxygens (including phenoxy) is 1. The minimum Gasteiger partial charge on any atom is -0.433 e. The summed E-state index contributed by atoms with van der Waals surface area (Å²) in [5.74, 6) is -1.05. The highest BCUT2D eigenvalue weighted by molar-refractivity contribution is 6.14. The average molecular weight is 213 g/mol. The molecule has 84 valence electrons. The zero-order chi connectivity index (χ0) is 11.6. The van der Waals surface area contributed by atoms with Crippen molar-refractivity contribution in [2.24, 2.45) is 0 Å². The molecule has 1 fully saturated rings. The zero-order valence-corrected chi connectivity index (χ0v) is 9.20. The molecule has 0 spiro atoms. The van der Waals surface area contributed by atoms with Crippen molar-refractivity contribution < 1.29 is 19.1 Å². The number of imide groups is 3. The minimum absolute atomic E-state index is 0.202. The Morgan fingerprint density at radius 3 is 2.40 bits per heavy atom. The smallest absolute Gasteiger partial charge is 0.424 e. The molecule has 0 radical (unpaired) electrons. The van der Waals surface area contributed by atoms with E-state index in [-0.39, 0.29) is 6.42 Å². The lowest BCUT2D eigenvalue weighted by Gasteiger charge is -2.12. The second-order valence-electron chi connectivity index (χ2n) is 4.02. The fourth-order valence-corrected chi connectivity index (χ4v) is 1.31. The second-order valence-corrected chi connectivity index (χ2v) is 4.02. The van der Waals surface area contributed by atoms with Gasteiger partial charge in [-0.15, -0.1) is 0 Å². The average Bonchev–Trinajstić information content (AvgIpc) is 2.33. The van der Waals surface area contributed by atoms with E-state index in [0.717, 1.165) is 6.42 Å². The van der Waals surface area contributed by atoms with Gasteiger partial charge in [0.1, 0.15) is 0 Å². The SMILES string of the molecule is CCCCC(=O)N1C(=O)OC(C)(C)C1=O. The standard InChI is InChI=1S/C10H15NO4/c1-4-5-6-7(12)11-8(13)10(2,3)15-9(11)14/h4-6H2,1-3H3. The molecule has 5 nitrogen and oxygen atoms in total. The maximum absolute atomic E-state index is 11.6. The van der Waals surface area contributed by atoms with E-state index in [2.05, 4.69) is 0 Å². The van der Waals surface area contributed by atoms with Crippen LogP contribution >= 0.6 is 0 Å². The van der Waals surface area contributed by atoms with Crippen LogP contribution in [0, 0.1) is 0 Å². The van der Waals surface area contributed by atoms with Crippen LogP contribution in [0.15, 0.2) is 0 Å². The van der Waals surface area contributed by atoms with Crippen LogP contribution in [0.25, 0.3) is 0 Å². The van der Waals surface area contributed by atoms with E-state index in [4.69, 9.17) is 4.74 Å². The van der Waals surface area contributed by atoms with Crippen molar-refractivity contribution in [2.75, 3.05) is 0 Å². The van der Waals surface area contributed by atoms with Crippen LogP contribution < -0.4 is 0 Å². The number of amides is 3. The van der Waals surface area contributed by atoms with Gasteiger partial charge in [0.15, 0.2) is 5.60 Å². The monoisotopic (exact) mass is 213 g/mol.